The van der Waals surface area contributed by atoms with Crippen molar-refractivity contribution in [3.63, 3.8) is 0 Å². The smallest absolute Gasteiger partial charge is 0.0227 e. The van der Waals surface area contributed by atoms with Gasteiger partial charge in [-0.2, -0.15) is 0 Å². The van der Waals surface area contributed by atoms with E-state index in [2.05, 4.69) is 42.6 Å². The molecule has 1 saturated heterocycles. The molecule has 1 aromatic rings. The number of benzene rings is 1. The molecule has 1 atom stereocenters. The summed E-state index contributed by atoms with van der Waals surface area (Å²) in [6, 6.07) is 10.8. The van der Waals surface area contributed by atoms with Crippen LogP contribution in [0.15, 0.2) is 30.3 Å². The molecule has 1 aromatic carbocycles. The molecule has 0 aromatic heterocycles. The van der Waals surface area contributed by atoms with Crippen LogP contribution in [0.1, 0.15) is 25.3 Å². The average Bonchev–Trinajstić information content (AvgIpc) is 2.20. The van der Waals surface area contributed by atoms with E-state index in [0.29, 0.717) is 5.41 Å². The molecule has 69 valence electrons. The fourth-order valence-corrected chi connectivity index (χ4v) is 2.06. The fourth-order valence-electron chi connectivity index (χ4n) is 2.06. The van der Waals surface area contributed by atoms with Gasteiger partial charge in [0.05, 0.1) is 0 Å². The van der Waals surface area contributed by atoms with Gasteiger partial charge in [-0.3, -0.25) is 0 Å². The van der Waals surface area contributed by atoms with E-state index in [1.54, 1.807) is 0 Å². The maximum Gasteiger partial charge on any atom is 0.0227 e. The normalized spacial score (nSPS) is 28.7. The number of nitrogens with zero attached hydrogens (tertiary/aromatic N) is 1. The first-order valence-corrected chi connectivity index (χ1v) is 5.00. The van der Waals surface area contributed by atoms with Crippen LogP contribution in [0.5, 0.6) is 0 Å². The third-order valence-electron chi connectivity index (χ3n) is 2.98. The van der Waals surface area contributed by atoms with Crippen LogP contribution in [-0.4, -0.2) is 13.1 Å². The Balaban J connectivity index is 2.23. The third-order valence-corrected chi connectivity index (χ3v) is 2.98. The van der Waals surface area contributed by atoms with Crippen molar-refractivity contribution >= 4 is 0 Å². The van der Waals surface area contributed by atoms with Crippen molar-refractivity contribution in [2.75, 3.05) is 13.1 Å². The minimum atomic E-state index is 0.305. The molecule has 1 nitrogen and oxygen atoms in total. The molecular formula is C12H16N. The summed E-state index contributed by atoms with van der Waals surface area (Å²) in [4.78, 5) is 0. The average molecular weight is 174 g/mol. The summed E-state index contributed by atoms with van der Waals surface area (Å²) in [6.07, 6.45) is 2.52. The fraction of sp³-hybridized carbons (Fsp3) is 0.500. The summed E-state index contributed by atoms with van der Waals surface area (Å²) < 4.78 is 0. The van der Waals surface area contributed by atoms with Gasteiger partial charge >= 0.3 is 0 Å². The van der Waals surface area contributed by atoms with Crippen LogP contribution in [0.25, 0.3) is 0 Å². The lowest BCUT2D eigenvalue weighted by Crippen LogP contribution is -2.37. The zero-order valence-corrected chi connectivity index (χ0v) is 8.16. The second-order valence-corrected chi connectivity index (χ2v) is 4.14. The predicted molar refractivity (Wildman–Crippen MR) is 54.9 cm³/mol. The van der Waals surface area contributed by atoms with Gasteiger partial charge < -0.3 is 0 Å². The van der Waals surface area contributed by atoms with E-state index in [1.807, 2.05) is 0 Å². The Morgan fingerprint density at radius 3 is 2.62 bits per heavy atom. The topological polar surface area (TPSA) is 14.1 Å². The molecule has 0 N–H and O–H groups in total. The second kappa shape index (κ2) is 3.51. The first-order chi connectivity index (χ1) is 6.31. The Morgan fingerprint density at radius 1 is 1.23 bits per heavy atom. The van der Waals surface area contributed by atoms with Crippen LogP contribution in [0.2, 0.25) is 0 Å². The van der Waals surface area contributed by atoms with Gasteiger partial charge in [0, 0.05) is 18.5 Å². The number of hydrogen-bond donors (Lipinski definition) is 0. The molecule has 0 spiro atoms. The lowest BCUT2D eigenvalue weighted by atomic mass is 9.77. The number of hydrogen-bond acceptors (Lipinski definition) is 0. The summed E-state index contributed by atoms with van der Waals surface area (Å²) in [7, 11) is 0. The highest BCUT2D eigenvalue weighted by molar-refractivity contribution is 5.25. The molecule has 0 amide bonds. The maximum atomic E-state index is 4.51. The van der Waals surface area contributed by atoms with E-state index in [-0.39, 0.29) is 0 Å². The van der Waals surface area contributed by atoms with Crippen molar-refractivity contribution in [3.05, 3.63) is 35.9 Å². The molecule has 1 radical (unpaired) electrons. The Hall–Kier alpha value is -0.820. The van der Waals surface area contributed by atoms with Crippen molar-refractivity contribution in [1.82, 2.24) is 5.32 Å². The van der Waals surface area contributed by atoms with E-state index in [0.717, 1.165) is 13.1 Å². The largest absolute Gasteiger partial charge is 0.241 e. The Kier molecular flexibility index (Phi) is 2.36. The summed E-state index contributed by atoms with van der Waals surface area (Å²) in [6.45, 7) is 4.38. The first kappa shape index (κ1) is 8.76. The zero-order chi connectivity index (χ0) is 9.15. The zero-order valence-electron chi connectivity index (χ0n) is 8.16. The Bertz CT molecular complexity index is 260. The third kappa shape index (κ3) is 1.75. The van der Waals surface area contributed by atoms with E-state index in [4.69, 9.17) is 0 Å². The highest BCUT2D eigenvalue weighted by Gasteiger charge is 2.28. The summed E-state index contributed by atoms with van der Waals surface area (Å²) in [5.41, 5.74) is 1.75. The Labute approximate surface area is 80.2 Å². The molecule has 1 heterocycles. The molecule has 1 unspecified atom stereocenters. The second-order valence-electron chi connectivity index (χ2n) is 4.14. The van der Waals surface area contributed by atoms with Crippen LogP contribution in [0.3, 0.4) is 0 Å². The first-order valence-electron chi connectivity index (χ1n) is 5.00. The molecular weight excluding hydrogens is 158 g/mol. The molecule has 0 bridgehead atoms. The van der Waals surface area contributed by atoms with Crippen LogP contribution in [0, 0.1) is 0 Å². The summed E-state index contributed by atoms with van der Waals surface area (Å²) in [5, 5.41) is 4.51. The van der Waals surface area contributed by atoms with Crippen molar-refractivity contribution < 1.29 is 0 Å². The molecule has 1 aliphatic heterocycles. The molecule has 0 aliphatic carbocycles. The van der Waals surface area contributed by atoms with E-state index in [9.17, 15) is 0 Å². The van der Waals surface area contributed by atoms with Crippen LogP contribution >= 0.6 is 0 Å². The van der Waals surface area contributed by atoms with Gasteiger partial charge in [-0.1, -0.05) is 37.3 Å². The van der Waals surface area contributed by atoms with Crippen molar-refractivity contribution in [2.45, 2.75) is 25.2 Å². The highest BCUT2D eigenvalue weighted by atomic mass is 14.9. The molecule has 0 saturated carbocycles. The number of rotatable bonds is 1. The SMILES string of the molecule is CC1(c2ccccc2)CCC[N]C1. The predicted octanol–water partition coefficient (Wildman–Crippen LogP) is 2.34. The van der Waals surface area contributed by atoms with Gasteiger partial charge in [-0.15, -0.1) is 0 Å². The van der Waals surface area contributed by atoms with Crippen LogP contribution in [-0.2, 0) is 5.41 Å². The van der Waals surface area contributed by atoms with Crippen molar-refractivity contribution in [3.8, 4) is 0 Å². The minimum absolute atomic E-state index is 0.305. The van der Waals surface area contributed by atoms with Gasteiger partial charge in [0.15, 0.2) is 0 Å². The van der Waals surface area contributed by atoms with E-state index in [1.165, 1.54) is 18.4 Å². The van der Waals surface area contributed by atoms with Gasteiger partial charge in [-0.05, 0) is 18.4 Å². The number of piperidine rings is 1. The van der Waals surface area contributed by atoms with Crippen LogP contribution < -0.4 is 5.32 Å². The summed E-state index contributed by atoms with van der Waals surface area (Å²) in [5.74, 6) is 0. The lowest BCUT2D eigenvalue weighted by molar-refractivity contribution is 0.334. The van der Waals surface area contributed by atoms with E-state index >= 15 is 0 Å². The minimum Gasteiger partial charge on any atom is -0.241 e. The van der Waals surface area contributed by atoms with Gasteiger partial charge in [0.2, 0.25) is 0 Å². The van der Waals surface area contributed by atoms with Crippen LogP contribution in [0.4, 0.5) is 0 Å². The maximum absolute atomic E-state index is 4.51. The lowest BCUT2D eigenvalue weighted by Gasteiger charge is -2.33. The molecule has 13 heavy (non-hydrogen) atoms. The quantitative estimate of drug-likeness (QED) is 0.620. The standard InChI is InChI=1S/C12H16N/c1-12(8-5-9-13-10-12)11-6-3-2-4-7-11/h2-4,6-7H,5,8-10H2,1H3. The highest BCUT2D eigenvalue weighted by Crippen LogP contribution is 2.30. The van der Waals surface area contributed by atoms with Gasteiger partial charge in [-0.25, -0.2) is 5.32 Å². The van der Waals surface area contributed by atoms with Gasteiger partial charge in [0.1, 0.15) is 0 Å². The molecule has 1 heteroatoms. The van der Waals surface area contributed by atoms with Crippen molar-refractivity contribution in [2.24, 2.45) is 0 Å². The van der Waals surface area contributed by atoms with Gasteiger partial charge in [0.25, 0.3) is 0 Å². The van der Waals surface area contributed by atoms with Crippen molar-refractivity contribution in [1.29, 1.82) is 0 Å². The monoisotopic (exact) mass is 174 g/mol. The molecule has 1 aliphatic rings. The Morgan fingerprint density at radius 2 is 2.00 bits per heavy atom. The molecule has 1 fully saturated rings. The molecule has 2 rings (SSSR count). The summed E-state index contributed by atoms with van der Waals surface area (Å²) >= 11 is 0. The van der Waals surface area contributed by atoms with E-state index < -0.39 is 0 Å².